The van der Waals surface area contributed by atoms with E-state index >= 15 is 0 Å². The van der Waals surface area contributed by atoms with E-state index in [2.05, 4.69) is 64.3 Å². The number of pyridine rings is 1. The quantitative estimate of drug-likeness (QED) is 0.461. The summed E-state index contributed by atoms with van der Waals surface area (Å²) < 4.78 is 8.01. The van der Waals surface area contributed by atoms with Crippen LogP contribution in [0.3, 0.4) is 0 Å². The van der Waals surface area contributed by atoms with E-state index in [-0.39, 0.29) is 0 Å². The summed E-state index contributed by atoms with van der Waals surface area (Å²) in [6, 6.07) is 21.2. The van der Waals surface area contributed by atoms with Crippen LogP contribution >= 0.6 is 0 Å². The molecule has 0 atom stereocenters. The van der Waals surface area contributed by atoms with Gasteiger partial charge in [-0.3, -0.25) is 0 Å². The summed E-state index contributed by atoms with van der Waals surface area (Å²) in [5, 5.41) is 6.19. The second kappa shape index (κ2) is 8.23. The molecule has 0 fully saturated rings. The fourth-order valence-electron chi connectivity index (χ4n) is 3.59. The van der Waals surface area contributed by atoms with Crippen molar-refractivity contribution in [2.24, 2.45) is 0 Å². The molecule has 4 nitrogen and oxygen atoms in total. The number of benzene rings is 2. The van der Waals surface area contributed by atoms with E-state index in [9.17, 15) is 0 Å². The highest BCUT2D eigenvalue weighted by atomic mass is 16.5. The summed E-state index contributed by atoms with van der Waals surface area (Å²) in [7, 11) is 0. The molecule has 138 valence electrons. The largest absolute Gasteiger partial charge is 0.478 e. The lowest BCUT2D eigenvalue weighted by Crippen LogP contribution is -2.17. The number of rotatable bonds is 8. The standard InChI is InChI=1S/C23H25N3O/c1-2-26-21-9-4-3-8-19(21)20-16-18(11-12-22(20)26)17-24-13-7-15-27-23-10-5-6-14-25-23/h3-6,8-12,14,16,24H,2,7,13,15,17H2,1H3. The Hall–Kier alpha value is -2.85. The maximum atomic E-state index is 5.63. The smallest absolute Gasteiger partial charge is 0.213 e. The predicted molar refractivity (Wildman–Crippen MR) is 111 cm³/mol. The SMILES string of the molecule is CCn1c2ccccc2c2cc(CNCCCOc3ccccn3)ccc21. The van der Waals surface area contributed by atoms with Crippen molar-refractivity contribution in [1.82, 2.24) is 14.9 Å². The summed E-state index contributed by atoms with van der Waals surface area (Å²) in [4.78, 5) is 4.16. The molecule has 0 amide bonds. The van der Waals surface area contributed by atoms with Gasteiger partial charge in [-0.05, 0) is 49.7 Å². The Kier molecular flexibility index (Phi) is 5.35. The molecule has 0 radical (unpaired) electrons. The van der Waals surface area contributed by atoms with Crippen LogP contribution in [0.5, 0.6) is 5.88 Å². The first kappa shape index (κ1) is 17.6. The summed E-state index contributed by atoms with van der Waals surface area (Å²) in [6.45, 7) is 5.64. The van der Waals surface area contributed by atoms with Crippen molar-refractivity contribution in [1.29, 1.82) is 0 Å². The summed E-state index contributed by atoms with van der Waals surface area (Å²) in [5.41, 5.74) is 3.94. The Morgan fingerprint density at radius 2 is 1.81 bits per heavy atom. The number of aryl methyl sites for hydroxylation is 1. The Labute approximate surface area is 159 Å². The van der Waals surface area contributed by atoms with Crippen LogP contribution in [-0.4, -0.2) is 22.7 Å². The highest BCUT2D eigenvalue weighted by molar-refractivity contribution is 6.08. The number of fused-ring (bicyclic) bond motifs is 3. The van der Waals surface area contributed by atoms with Gasteiger partial charge in [0.2, 0.25) is 5.88 Å². The molecule has 0 aliphatic heterocycles. The van der Waals surface area contributed by atoms with E-state index in [0.717, 1.165) is 26.1 Å². The molecule has 4 heteroatoms. The molecule has 27 heavy (non-hydrogen) atoms. The lowest BCUT2D eigenvalue weighted by Gasteiger charge is -2.07. The molecule has 1 N–H and O–H groups in total. The number of aromatic nitrogens is 2. The zero-order valence-corrected chi connectivity index (χ0v) is 15.7. The van der Waals surface area contributed by atoms with E-state index in [1.165, 1.54) is 27.4 Å². The first-order chi connectivity index (χ1) is 13.4. The number of nitrogens with zero attached hydrogens (tertiary/aromatic N) is 2. The zero-order valence-electron chi connectivity index (χ0n) is 15.7. The van der Waals surface area contributed by atoms with Gasteiger partial charge < -0.3 is 14.6 Å². The first-order valence-electron chi connectivity index (χ1n) is 9.61. The maximum absolute atomic E-state index is 5.63. The van der Waals surface area contributed by atoms with Crippen LogP contribution in [-0.2, 0) is 13.1 Å². The second-order valence-corrected chi connectivity index (χ2v) is 6.66. The van der Waals surface area contributed by atoms with Crippen molar-refractivity contribution in [2.45, 2.75) is 26.4 Å². The molecule has 2 aromatic heterocycles. The van der Waals surface area contributed by atoms with Crippen molar-refractivity contribution in [2.75, 3.05) is 13.2 Å². The monoisotopic (exact) mass is 359 g/mol. The second-order valence-electron chi connectivity index (χ2n) is 6.66. The number of hydrogen-bond acceptors (Lipinski definition) is 3. The number of nitrogens with one attached hydrogen (secondary N) is 1. The van der Waals surface area contributed by atoms with Gasteiger partial charge in [-0.2, -0.15) is 0 Å². The molecule has 0 spiro atoms. The van der Waals surface area contributed by atoms with E-state index in [1.54, 1.807) is 6.20 Å². The Bertz CT molecular complexity index is 1020. The molecule has 0 saturated heterocycles. The van der Waals surface area contributed by atoms with E-state index in [1.807, 2.05) is 18.2 Å². The van der Waals surface area contributed by atoms with Gasteiger partial charge in [0.05, 0.1) is 6.61 Å². The Morgan fingerprint density at radius 1 is 0.963 bits per heavy atom. The van der Waals surface area contributed by atoms with Crippen LogP contribution in [0.2, 0.25) is 0 Å². The zero-order chi connectivity index (χ0) is 18.5. The molecule has 0 aliphatic carbocycles. The van der Waals surface area contributed by atoms with Crippen LogP contribution in [0, 0.1) is 0 Å². The molecule has 2 heterocycles. The minimum Gasteiger partial charge on any atom is -0.478 e. The summed E-state index contributed by atoms with van der Waals surface area (Å²) in [6.07, 6.45) is 2.70. The number of para-hydroxylation sites is 1. The molecule has 0 unspecified atom stereocenters. The minimum absolute atomic E-state index is 0.674. The van der Waals surface area contributed by atoms with Gasteiger partial charge in [0.25, 0.3) is 0 Å². The van der Waals surface area contributed by atoms with Gasteiger partial charge in [-0.25, -0.2) is 4.98 Å². The molecule has 0 bridgehead atoms. The fraction of sp³-hybridized carbons (Fsp3) is 0.261. The average Bonchev–Trinajstić information content (AvgIpc) is 3.04. The lowest BCUT2D eigenvalue weighted by molar-refractivity contribution is 0.296. The third kappa shape index (κ3) is 3.81. The number of ether oxygens (including phenoxy) is 1. The maximum Gasteiger partial charge on any atom is 0.213 e. The van der Waals surface area contributed by atoms with Crippen LogP contribution in [0.4, 0.5) is 0 Å². The van der Waals surface area contributed by atoms with Crippen molar-refractivity contribution >= 4 is 21.8 Å². The topological polar surface area (TPSA) is 39.1 Å². The third-order valence-corrected chi connectivity index (χ3v) is 4.87. The highest BCUT2D eigenvalue weighted by Gasteiger charge is 2.09. The van der Waals surface area contributed by atoms with Crippen LogP contribution in [0.25, 0.3) is 21.8 Å². The third-order valence-electron chi connectivity index (χ3n) is 4.87. The van der Waals surface area contributed by atoms with Gasteiger partial charge in [-0.1, -0.05) is 30.3 Å². The van der Waals surface area contributed by atoms with Crippen molar-refractivity contribution in [3.63, 3.8) is 0 Å². The van der Waals surface area contributed by atoms with E-state index in [4.69, 9.17) is 4.74 Å². The van der Waals surface area contributed by atoms with Gasteiger partial charge >= 0.3 is 0 Å². The Balaban J connectivity index is 1.36. The number of hydrogen-bond donors (Lipinski definition) is 1. The van der Waals surface area contributed by atoms with Gasteiger partial charge in [0.1, 0.15) is 0 Å². The summed E-state index contributed by atoms with van der Waals surface area (Å²) >= 11 is 0. The highest BCUT2D eigenvalue weighted by Crippen LogP contribution is 2.29. The lowest BCUT2D eigenvalue weighted by atomic mass is 10.1. The minimum atomic E-state index is 0.674. The molecule has 4 rings (SSSR count). The van der Waals surface area contributed by atoms with Crippen LogP contribution in [0.15, 0.2) is 66.9 Å². The predicted octanol–water partition coefficient (Wildman–Crippen LogP) is 4.77. The molecule has 0 aliphatic rings. The molecular weight excluding hydrogens is 334 g/mol. The average molecular weight is 359 g/mol. The van der Waals surface area contributed by atoms with Gasteiger partial charge in [0, 0.05) is 47.2 Å². The van der Waals surface area contributed by atoms with Crippen molar-refractivity contribution in [3.05, 3.63) is 72.4 Å². The fourth-order valence-corrected chi connectivity index (χ4v) is 3.59. The van der Waals surface area contributed by atoms with Gasteiger partial charge in [-0.15, -0.1) is 0 Å². The van der Waals surface area contributed by atoms with E-state index < -0.39 is 0 Å². The van der Waals surface area contributed by atoms with Crippen molar-refractivity contribution in [3.8, 4) is 5.88 Å². The van der Waals surface area contributed by atoms with Crippen LogP contribution < -0.4 is 10.1 Å². The first-order valence-corrected chi connectivity index (χ1v) is 9.61. The molecular formula is C23H25N3O. The molecule has 2 aromatic carbocycles. The molecule has 0 saturated carbocycles. The molecule has 4 aromatic rings. The van der Waals surface area contributed by atoms with Gasteiger partial charge in [0.15, 0.2) is 0 Å². The normalized spacial score (nSPS) is 11.3. The van der Waals surface area contributed by atoms with Crippen molar-refractivity contribution < 1.29 is 4.74 Å². The van der Waals surface area contributed by atoms with E-state index in [0.29, 0.717) is 12.5 Å². The van der Waals surface area contributed by atoms with Crippen LogP contribution in [0.1, 0.15) is 18.9 Å². The summed E-state index contributed by atoms with van der Waals surface area (Å²) in [5.74, 6) is 0.690. The Morgan fingerprint density at radius 3 is 2.67 bits per heavy atom.